The van der Waals surface area contributed by atoms with E-state index < -0.39 is 10.5 Å². The number of H-pyrrole nitrogens is 2. The Morgan fingerprint density at radius 2 is 2.07 bits per heavy atom. The molecule has 2 N–H and O–H groups in total. The van der Waals surface area contributed by atoms with Gasteiger partial charge >= 0.3 is 0 Å². The van der Waals surface area contributed by atoms with E-state index in [1.807, 2.05) is 0 Å². The Labute approximate surface area is 78.5 Å². The van der Waals surface area contributed by atoms with Crippen LogP contribution in [0.4, 0.5) is 5.69 Å². The second-order valence-corrected chi connectivity index (χ2v) is 2.79. The lowest BCUT2D eigenvalue weighted by Gasteiger charge is -1.95. The monoisotopic (exact) mass is 189 g/mol. The summed E-state index contributed by atoms with van der Waals surface area (Å²) >= 11 is 0. The molecule has 0 aliphatic carbocycles. The second kappa shape index (κ2) is 2.73. The first-order valence-electron chi connectivity index (χ1n) is 3.74. The summed E-state index contributed by atoms with van der Waals surface area (Å²) < 4.78 is 0. The van der Waals surface area contributed by atoms with E-state index in [4.69, 9.17) is 7.85 Å². The molecule has 0 spiro atoms. The van der Waals surface area contributed by atoms with Gasteiger partial charge in [0, 0.05) is 6.07 Å². The summed E-state index contributed by atoms with van der Waals surface area (Å²) in [5, 5.41) is 15.6. The van der Waals surface area contributed by atoms with Crippen LogP contribution in [0.1, 0.15) is 0 Å². The molecule has 1 aromatic carbocycles. The van der Waals surface area contributed by atoms with Crippen LogP contribution >= 0.6 is 0 Å². The highest BCUT2D eigenvalue weighted by Crippen LogP contribution is 2.12. The molecule has 68 valence electrons. The Kier molecular flexibility index (Phi) is 1.66. The van der Waals surface area contributed by atoms with Crippen molar-refractivity contribution in [3.63, 3.8) is 0 Å². The van der Waals surface area contributed by atoms with Crippen molar-refractivity contribution < 1.29 is 4.92 Å². The Morgan fingerprint density at radius 3 is 2.71 bits per heavy atom. The minimum absolute atomic E-state index is 0.0257. The van der Waals surface area contributed by atoms with Crippen molar-refractivity contribution in [2.75, 3.05) is 0 Å². The van der Waals surface area contributed by atoms with E-state index in [1.54, 1.807) is 0 Å². The summed E-state index contributed by atoms with van der Waals surface area (Å²) in [6.45, 7) is 0. The number of aromatic nitrogens is 2. The van der Waals surface area contributed by atoms with Gasteiger partial charge in [-0.3, -0.25) is 25.1 Å². The summed E-state index contributed by atoms with van der Waals surface area (Å²) in [4.78, 5) is 21.0. The van der Waals surface area contributed by atoms with E-state index in [0.717, 1.165) is 6.07 Å². The van der Waals surface area contributed by atoms with E-state index >= 15 is 0 Å². The SMILES string of the molecule is [B]c1cc2[nH][nH]c(=O)c2cc1[N+](=O)[O-]. The van der Waals surface area contributed by atoms with Crippen molar-refractivity contribution in [2.24, 2.45) is 0 Å². The number of aromatic amines is 2. The average Bonchev–Trinajstić information content (AvgIpc) is 2.46. The quantitative estimate of drug-likeness (QED) is 0.361. The lowest BCUT2D eigenvalue weighted by Crippen LogP contribution is -2.10. The molecule has 1 aromatic heterocycles. The zero-order chi connectivity index (χ0) is 10.3. The molecule has 0 bridgehead atoms. The summed E-state index contributed by atoms with van der Waals surface area (Å²) in [5.41, 5.74) is -0.179. The highest BCUT2D eigenvalue weighted by atomic mass is 16.6. The summed E-state index contributed by atoms with van der Waals surface area (Å²) in [6.07, 6.45) is 0. The minimum atomic E-state index is -0.624. The van der Waals surface area contributed by atoms with Crippen molar-refractivity contribution in [2.45, 2.75) is 0 Å². The maximum Gasteiger partial charge on any atom is 0.272 e. The predicted molar refractivity (Wildman–Crippen MR) is 51.0 cm³/mol. The zero-order valence-electron chi connectivity index (χ0n) is 6.90. The van der Waals surface area contributed by atoms with Gasteiger partial charge in [0.05, 0.1) is 15.8 Å². The fraction of sp³-hybridized carbons (Fsp3) is 0. The first kappa shape index (κ1) is 8.55. The number of nitro groups is 1. The Morgan fingerprint density at radius 1 is 1.36 bits per heavy atom. The fourth-order valence-corrected chi connectivity index (χ4v) is 1.25. The van der Waals surface area contributed by atoms with Crippen LogP contribution in [0.25, 0.3) is 10.9 Å². The Hall–Kier alpha value is -2.05. The maximum absolute atomic E-state index is 11.1. The lowest BCUT2D eigenvalue weighted by atomic mass is 9.93. The number of hydrogen-bond donors (Lipinski definition) is 2. The van der Waals surface area contributed by atoms with Crippen LogP contribution in [0, 0.1) is 10.1 Å². The normalized spacial score (nSPS) is 10.6. The third-order valence-corrected chi connectivity index (χ3v) is 1.92. The second-order valence-electron chi connectivity index (χ2n) is 2.79. The predicted octanol–water partition coefficient (Wildman–Crippen LogP) is -0.442. The highest BCUT2D eigenvalue weighted by Gasteiger charge is 2.13. The standard InChI is InChI=1S/C7H4BN3O3/c8-4-2-5-3(7(12)10-9-5)1-6(4)11(13)14/h1-2H,(H2,9,10,12). The van der Waals surface area contributed by atoms with Gasteiger partial charge in [0.1, 0.15) is 7.85 Å². The molecule has 0 amide bonds. The molecule has 0 saturated heterocycles. The van der Waals surface area contributed by atoms with Gasteiger partial charge in [-0.2, -0.15) is 0 Å². The molecular formula is C7H4BN3O3. The van der Waals surface area contributed by atoms with Crippen molar-refractivity contribution in [1.29, 1.82) is 0 Å². The number of nitrogens with zero attached hydrogens (tertiary/aromatic N) is 1. The van der Waals surface area contributed by atoms with Gasteiger partial charge in [0.2, 0.25) is 0 Å². The molecule has 0 unspecified atom stereocenters. The summed E-state index contributed by atoms with van der Waals surface area (Å²) in [5.74, 6) is 0. The largest absolute Gasteiger partial charge is 0.298 e. The average molecular weight is 189 g/mol. The first-order chi connectivity index (χ1) is 6.59. The van der Waals surface area contributed by atoms with Gasteiger partial charge in [0.25, 0.3) is 11.2 Å². The van der Waals surface area contributed by atoms with E-state index in [-0.39, 0.29) is 16.5 Å². The van der Waals surface area contributed by atoms with Crippen LogP contribution in [-0.4, -0.2) is 23.0 Å². The molecule has 1 heterocycles. The van der Waals surface area contributed by atoms with E-state index in [9.17, 15) is 14.9 Å². The fourth-order valence-electron chi connectivity index (χ4n) is 1.25. The van der Waals surface area contributed by atoms with Crippen LogP contribution in [0.2, 0.25) is 0 Å². The molecule has 0 aliphatic heterocycles. The van der Waals surface area contributed by atoms with Crippen LogP contribution in [0.3, 0.4) is 0 Å². The van der Waals surface area contributed by atoms with Crippen LogP contribution in [0.5, 0.6) is 0 Å². The molecule has 2 aromatic rings. The number of benzene rings is 1. The minimum Gasteiger partial charge on any atom is -0.298 e. The number of nitrogens with one attached hydrogen (secondary N) is 2. The highest BCUT2D eigenvalue weighted by molar-refractivity contribution is 6.36. The maximum atomic E-state index is 11.1. The molecule has 0 aliphatic rings. The first-order valence-corrected chi connectivity index (χ1v) is 3.74. The van der Waals surface area contributed by atoms with Gasteiger partial charge in [-0.05, 0) is 11.5 Å². The summed E-state index contributed by atoms with van der Waals surface area (Å²) in [6, 6.07) is 2.51. The zero-order valence-corrected chi connectivity index (χ0v) is 6.90. The van der Waals surface area contributed by atoms with E-state index in [2.05, 4.69) is 10.2 Å². The van der Waals surface area contributed by atoms with Gasteiger partial charge in [0.15, 0.2) is 0 Å². The van der Waals surface area contributed by atoms with Gasteiger partial charge in [-0.1, -0.05) is 0 Å². The van der Waals surface area contributed by atoms with E-state index in [1.165, 1.54) is 6.07 Å². The topological polar surface area (TPSA) is 91.8 Å². The van der Waals surface area contributed by atoms with Crippen LogP contribution in [0.15, 0.2) is 16.9 Å². The lowest BCUT2D eigenvalue weighted by molar-refractivity contribution is -0.383. The van der Waals surface area contributed by atoms with Crippen LogP contribution in [-0.2, 0) is 0 Å². The smallest absolute Gasteiger partial charge is 0.272 e. The van der Waals surface area contributed by atoms with Crippen molar-refractivity contribution in [3.05, 3.63) is 32.6 Å². The third kappa shape index (κ3) is 1.10. The van der Waals surface area contributed by atoms with Crippen molar-refractivity contribution in [1.82, 2.24) is 10.2 Å². The Bertz CT molecular complexity index is 571. The van der Waals surface area contributed by atoms with Gasteiger partial charge < -0.3 is 0 Å². The molecule has 14 heavy (non-hydrogen) atoms. The molecule has 6 nitrogen and oxygen atoms in total. The summed E-state index contributed by atoms with van der Waals surface area (Å²) in [7, 11) is 5.42. The molecule has 2 radical (unpaired) electrons. The van der Waals surface area contributed by atoms with Crippen LogP contribution < -0.4 is 11.0 Å². The molecule has 7 heteroatoms. The van der Waals surface area contributed by atoms with Gasteiger partial charge in [-0.25, -0.2) is 0 Å². The molecule has 0 saturated carbocycles. The van der Waals surface area contributed by atoms with E-state index in [0.29, 0.717) is 5.52 Å². The number of nitro benzene ring substituents is 1. The molecule has 2 rings (SSSR count). The van der Waals surface area contributed by atoms with Gasteiger partial charge in [-0.15, -0.1) is 0 Å². The number of fused-ring (bicyclic) bond motifs is 1. The van der Waals surface area contributed by atoms with Crippen molar-refractivity contribution >= 4 is 29.9 Å². The number of rotatable bonds is 1. The Balaban J connectivity index is 2.87. The molecule has 0 atom stereocenters. The number of hydrogen-bond acceptors (Lipinski definition) is 3. The van der Waals surface area contributed by atoms with Crippen molar-refractivity contribution in [3.8, 4) is 0 Å². The molecule has 0 fully saturated rings. The third-order valence-electron chi connectivity index (χ3n) is 1.92. The molecular weight excluding hydrogens is 185 g/mol.